The summed E-state index contributed by atoms with van der Waals surface area (Å²) < 4.78 is 38.8. The molecule has 1 aliphatic rings. The zero-order valence-corrected chi connectivity index (χ0v) is 10.7. The van der Waals surface area contributed by atoms with Crippen molar-refractivity contribution in [2.45, 2.75) is 25.4 Å². The number of rotatable bonds is 2. The van der Waals surface area contributed by atoms with E-state index in [9.17, 15) is 18.0 Å². The van der Waals surface area contributed by atoms with Gasteiger partial charge in [0, 0.05) is 32.8 Å². The van der Waals surface area contributed by atoms with Gasteiger partial charge in [-0.1, -0.05) is 0 Å². The van der Waals surface area contributed by atoms with Crippen molar-refractivity contribution in [2.24, 2.45) is 13.0 Å². The fraction of sp³-hybridized carbons (Fsp3) is 0.667. The fourth-order valence-electron chi connectivity index (χ4n) is 2.43. The van der Waals surface area contributed by atoms with Crippen molar-refractivity contribution in [2.75, 3.05) is 13.1 Å². The van der Waals surface area contributed by atoms with Gasteiger partial charge in [0.25, 0.3) is 5.91 Å². The van der Waals surface area contributed by atoms with Crippen molar-refractivity contribution in [1.29, 1.82) is 0 Å². The fourth-order valence-corrected chi connectivity index (χ4v) is 2.43. The van der Waals surface area contributed by atoms with E-state index in [0.29, 0.717) is 19.4 Å². The highest BCUT2D eigenvalue weighted by molar-refractivity contribution is 5.92. The van der Waals surface area contributed by atoms with E-state index in [1.54, 1.807) is 17.8 Å². The molecule has 2 heterocycles. The normalized spacial score (nSPS) is 20.6. The molecule has 1 aromatic heterocycles. The van der Waals surface area contributed by atoms with Crippen molar-refractivity contribution < 1.29 is 18.0 Å². The van der Waals surface area contributed by atoms with E-state index < -0.39 is 18.5 Å². The number of imidazole rings is 1. The smallest absolute Gasteiger partial charge is 0.340 e. The summed E-state index contributed by atoms with van der Waals surface area (Å²) >= 11 is 0. The molecule has 1 atom stereocenters. The Labute approximate surface area is 109 Å². The van der Waals surface area contributed by atoms with Crippen LogP contribution in [0.4, 0.5) is 13.2 Å². The molecule has 2 rings (SSSR count). The number of aryl methyl sites for hydroxylation is 1. The van der Waals surface area contributed by atoms with Crippen molar-refractivity contribution in [3.05, 3.63) is 18.2 Å². The molecule has 0 aliphatic carbocycles. The maximum absolute atomic E-state index is 12.4. The van der Waals surface area contributed by atoms with E-state index in [-0.39, 0.29) is 18.1 Å². The highest BCUT2D eigenvalue weighted by atomic mass is 19.4. The van der Waals surface area contributed by atoms with E-state index in [4.69, 9.17) is 0 Å². The molecule has 19 heavy (non-hydrogen) atoms. The lowest BCUT2D eigenvalue weighted by molar-refractivity contribution is -0.147. The van der Waals surface area contributed by atoms with Crippen LogP contribution >= 0.6 is 0 Å². The van der Waals surface area contributed by atoms with Crippen LogP contribution in [0.3, 0.4) is 0 Å². The van der Waals surface area contributed by atoms with Crippen LogP contribution in [0.1, 0.15) is 29.8 Å². The van der Waals surface area contributed by atoms with E-state index >= 15 is 0 Å². The quantitative estimate of drug-likeness (QED) is 0.830. The number of carbonyl (C=O) groups is 1. The van der Waals surface area contributed by atoms with E-state index in [1.807, 2.05) is 0 Å². The van der Waals surface area contributed by atoms with Gasteiger partial charge >= 0.3 is 6.18 Å². The lowest BCUT2D eigenvalue weighted by Crippen LogP contribution is -2.41. The predicted molar refractivity (Wildman–Crippen MR) is 62.5 cm³/mol. The van der Waals surface area contributed by atoms with Gasteiger partial charge in [0.05, 0.1) is 6.33 Å². The monoisotopic (exact) mass is 275 g/mol. The van der Waals surface area contributed by atoms with Crippen LogP contribution in [0.15, 0.2) is 12.5 Å². The van der Waals surface area contributed by atoms with Crippen LogP contribution in [-0.2, 0) is 7.05 Å². The van der Waals surface area contributed by atoms with Crippen LogP contribution < -0.4 is 0 Å². The summed E-state index contributed by atoms with van der Waals surface area (Å²) in [6, 6.07) is 0. The van der Waals surface area contributed by atoms with Gasteiger partial charge in [-0.25, -0.2) is 4.98 Å². The summed E-state index contributed by atoms with van der Waals surface area (Å²) in [7, 11) is 1.74. The number of likely N-dealkylation sites (tertiary alicyclic amines) is 1. The van der Waals surface area contributed by atoms with Gasteiger partial charge in [0.15, 0.2) is 0 Å². The number of hydrogen-bond donors (Lipinski definition) is 0. The zero-order chi connectivity index (χ0) is 14.0. The van der Waals surface area contributed by atoms with Gasteiger partial charge in [-0.3, -0.25) is 4.79 Å². The standard InChI is InChI=1S/C12H16F3N3O/c1-17-7-10(16-8-17)11(19)18-4-2-3-9(6-18)5-12(13,14)15/h7-9H,2-6H2,1H3/t9-/m1/s1. The number of aromatic nitrogens is 2. The maximum atomic E-state index is 12.4. The third-order valence-electron chi connectivity index (χ3n) is 3.25. The first-order valence-corrected chi connectivity index (χ1v) is 6.19. The molecule has 1 amide bonds. The second kappa shape index (κ2) is 5.22. The second-order valence-corrected chi connectivity index (χ2v) is 5.00. The van der Waals surface area contributed by atoms with Crippen molar-refractivity contribution in [3.8, 4) is 0 Å². The Morgan fingerprint density at radius 1 is 1.53 bits per heavy atom. The van der Waals surface area contributed by atoms with Crippen LogP contribution in [0.5, 0.6) is 0 Å². The van der Waals surface area contributed by atoms with Gasteiger partial charge in [0.2, 0.25) is 0 Å². The Kier molecular flexibility index (Phi) is 3.82. The second-order valence-electron chi connectivity index (χ2n) is 5.00. The summed E-state index contributed by atoms with van der Waals surface area (Å²) in [5, 5.41) is 0. The first kappa shape index (κ1) is 13.9. The Morgan fingerprint density at radius 2 is 2.26 bits per heavy atom. The van der Waals surface area contributed by atoms with Gasteiger partial charge in [-0.15, -0.1) is 0 Å². The van der Waals surface area contributed by atoms with Gasteiger partial charge in [-0.2, -0.15) is 13.2 Å². The Hall–Kier alpha value is -1.53. The highest BCUT2D eigenvalue weighted by Crippen LogP contribution is 2.30. The third-order valence-corrected chi connectivity index (χ3v) is 3.25. The molecule has 0 N–H and O–H groups in total. The Bertz CT molecular complexity index is 455. The molecule has 1 aliphatic heterocycles. The SMILES string of the molecule is Cn1cnc(C(=O)N2CCC[C@H](CC(F)(F)F)C2)c1. The number of alkyl halides is 3. The summed E-state index contributed by atoms with van der Waals surface area (Å²) in [4.78, 5) is 17.5. The molecule has 0 bridgehead atoms. The van der Waals surface area contributed by atoms with Crippen LogP contribution in [-0.4, -0.2) is 39.6 Å². The van der Waals surface area contributed by atoms with E-state index in [1.165, 1.54) is 11.2 Å². The van der Waals surface area contributed by atoms with Gasteiger partial charge in [0.1, 0.15) is 5.69 Å². The number of hydrogen-bond acceptors (Lipinski definition) is 2. The van der Waals surface area contributed by atoms with Crippen molar-refractivity contribution in [1.82, 2.24) is 14.5 Å². The van der Waals surface area contributed by atoms with Crippen LogP contribution in [0.25, 0.3) is 0 Å². The molecular formula is C12H16F3N3O. The van der Waals surface area contributed by atoms with Gasteiger partial charge in [-0.05, 0) is 18.8 Å². The van der Waals surface area contributed by atoms with Crippen molar-refractivity contribution in [3.63, 3.8) is 0 Å². The van der Waals surface area contributed by atoms with Crippen LogP contribution in [0, 0.1) is 5.92 Å². The van der Waals surface area contributed by atoms with E-state index in [0.717, 1.165) is 0 Å². The molecule has 0 saturated carbocycles. The van der Waals surface area contributed by atoms with Gasteiger partial charge < -0.3 is 9.47 Å². The summed E-state index contributed by atoms with van der Waals surface area (Å²) in [6.07, 6.45) is -0.772. The molecule has 0 radical (unpaired) electrons. The molecule has 0 unspecified atom stereocenters. The number of nitrogens with zero attached hydrogens (tertiary/aromatic N) is 3. The summed E-state index contributed by atoms with van der Waals surface area (Å²) in [5.41, 5.74) is 0.287. The molecule has 7 heteroatoms. The first-order valence-electron chi connectivity index (χ1n) is 6.19. The average Bonchev–Trinajstić information content (AvgIpc) is 2.73. The summed E-state index contributed by atoms with van der Waals surface area (Å²) in [6.45, 7) is 0.665. The lowest BCUT2D eigenvalue weighted by atomic mass is 9.94. The maximum Gasteiger partial charge on any atom is 0.389 e. The number of carbonyl (C=O) groups excluding carboxylic acids is 1. The highest BCUT2D eigenvalue weighted by Gasteiger charge is 2.35. The minimum Gasteiger partial charge on any atom is -0.340 e. The average molecular weight is 275 g/mol. The number of amides is 1. The third kappa shape index (κ3) is 3.71. The molecular weight excluding hydrogens is 259 g/mol. The van der Waals surface area contributed by atoms with Crippen LogP contribution in [0.2, 0.25) is 0 Å². The molecule has 106 valence electrons. The molecule has 1 aromatic rings. The number of halogens is 3. The number of piperidine rings is 1. The lowest BCUT2D eigenvalue weighted by Gasteiger charge is -2.32. The zero-order valence-electron chi connectivity index (χ0n) is 10.7. The van der Waals surface area contributed by atoms with Crippen molar-refractivity contribution >= 4 is 5.91 Å². The Balaban J connectivity index is 1.99. The first-order chi connectivity index (χ1) is 8.85. The largest absolute Gasteiger partial charge is 0.389 e. The topological polar surface area (TPSA) is 38.1 Å². The molecule has 4 nitrogen and oxygen atoms in total. The molecule has 1 fully saturated rings. The predicted octanol–water partition coefficient (Wildman–Crippen LogP) is 2.22. The minimum atomic E-state index is -4.16. The molecule has 0 aromatic carbocycles. The summed E-state index contributed by atoms with van der Waals surface area (Å²) in [5.74, 6) is -0.783. The van der Waals surface area contributed by atoms with E-state index in [2.05, 4.69) is 4.98 Å². The minimum absolute atomic E-state index is 0.162. The Morgan fingerprint density at radius 3 is 2.84 bits per heavy atom. The molecule has 0 spiro atoms. The molecule has 1 saturated heterocycles.